The third-order valence-corrected chi connectivity index (χ3v) is 4.25. The first kappa shape index (κ1) is 16.9. The third-order valence-electron chi connectivity index (χ3n) is 4.25. The van der Waals surface area contributed by atoms with Gasteiger partial charge in [0.1, 0.15) is 5.82 Å². The van der Waals surface area contributed by atoms with E-state index >= 15 is 0 Å². The lowest BCUT2D eigenvalue weighted by atomic mass is 9.93. The van der Waals surface area contributed by atoms with E-state index in [4.69, 9.17) is 0 Å². The molecule has 1 heterocycles. The molecule has 0 unspecified atom stereocenters. The number of carbonyl (C=O) groups excluding carboxylic acids is 1. The highest BCUT2D eigenvalue weighted by atomic mass is 19.1. The zero-order valence-corrected chi connectivity index (χ0v) is 13.7. The van der Waals surface area contributed by atoms with E-state index in [1.807, 2.05) is 6.92 Å². The Morgan fingerprint density at radius 3 is 2.36 bits per heavy atom. The van der Waals surface area contributed by atoms with Gasteiger partial charge in [-0.25, -0.2) is 4.39 Å². The van der Waals surface area contributed by atoms with E-state index < -0.39 is 5.60 Å². The number of likely N-dealkylation sites (N-methyl/N-ethyl adjacent to an activating group) is 1. The van der Waals surface area contributed by atoms with Crippen LogP contribution in [-0.2, 0) is 0 Å². The number of halogens is 1. The molecule has 1 saturated heterocycles. The molecule has 0 aliphatic carbocycles. The fraction of sp³-hybridized carbons (Fsp3) is 0.588. The van der Waals surface area contributed by atoms with Crippen molar-refractivity contribution in [3.63, 3.8) is 0 Å². The molecule has 4 nitrogen and oxygen atoms in total. The molecule has 0 bridgehead atoms. The summed E-state index contributed by atoms with van der Waals surface area (Å²) in [6, 6.07) is 5.68. The van der Waals surface area contributed by atoms with Crippen LogP contribution in [-0.4, -0.2) is 59.1 Å². The Balaban J connectivity index is 2.04. The minimum atomic E-state index is -0.610. The van der Waals surface area contributed by atoms with Gasteiger partial charge in [0.15, 0.2) is 0 Å². The Bertz CT molecular complexity index is 520. The Labute approximate surface area is 131 Å². The van der Waals surface area contributed by atoms with Crippen LogP contribution in [0.1, 0.15) is 31.1 Å². The lowest BCUT2D eigenvalue weighted by molar-refractivity contribution is -0.0911. The van der Waals surface area contributed by atoms with Gasteiger partial charge in [-0.3, -0.25) is 9.69 Å². The highest BCUT2D eigenvalue weighted by Crippen LogP contribution is 2.23. The van der Waals surface area contributed by atoms with Gasteiger partial charge in [-0.15, -0.1) is 0 Å². The van der Waals surface area contributed by atoms with Gasteiger partial charge in [0.05, 0.1) is 5.60 Å². The van der Waals surface area contributed by atoms with Gasteiger partial charge in [0.25, 0.3) is 5.91 Å². The van der Waals surface area contributed by atoms with Crippen molar-refractivity contribution >= 4 is 5.91 Å². The molecule has 1 aromatic rings. The summed E-state index contributed by atoms with van der Waals surface area (Å²) < 4.78 is 13.0. The van der Waals surface area contributed by atoms with Crippen molar-refractivity contribution in [3.05, 3.63) is 35.6 Å². The molecule has 5 heteroatoms. The van der Waals surface area contributed by atoms with Gasteiger partial charge in [0.2, 0.25) is 0 Å². The normalized spacial score (nSPS) is 18.9. The van der Waals surface area contributed by atoms with Gasteiger partial charge in [-0.1, -0.05) is 13.8 Å². The number of nitrogens with zero attached hydrogens (tertiary/aromatic N) is 2. The van der Waals surface area contributed by atoms with E-state index in [0.29, 0.717) is 24.6 Å². The molecular formula is C17H25FN2O2. The first-order chi connectivity index (χ1) is 10.2. The molecule has 0 aromatic heterocycles. The second-order valence-corrected chi connectivity index (χ2v) is 6.90. The van der Waals surface area contributed by atoms with Crippen LogP contribution in [0, 0.1) is 11.7 Å². The summed E-state index contributed by atoms with van der Waals surface area (Å²) in [7, 11) is 1.79. The van der Waals surface area contributed by atoms with Crippen molar-refractivity contribution in [2.45, 2.75) is 32.4 Å². The number of amides is 1. The van der Waals surface area contributed by atoms with Crippen molar-refractivity contribution in [1.82, 2.24) is 9.80 Å². The number of β-amino-alcohol motifs (C(OH)–C–C–N with tert-alkyl or cyclic N) is 1. The lowest BCUT2D eigenvalue weighted by Gasteiger charge is -2.47. The summed E-state index contributed by atoms with van der Waals surface area (Å²) in [5.41, 5.74) is -0.119. The molecule has 2 rings (SSSR count). The number of likely N-dealkylation sites (tertiary alicyclic amines) is 1. The molecule has 122 valence electrons. The lowest BCUT2D eigenvalue weighted by Crippen LogP contribution is -2.63. The van der Waals surface area contributed by atoms with Crippen LogP contribution in [0.3, 0.4) is 0 Å². The summed E-state index contributed by atoms with van der Waals surface area (Å²) in [5, 5.41) is 9.83. The van der Waals surface area contributed by atoms with Crippen LogP contribution in [0.15, 0.2) is 24.3 Å². The first-order valence-corrected chi connectivity index (χ1v) is 7.67. The molecule has 1 aromatic carbocycles. The SMILES string of the molecule is CC(C)[C@@H](CN1CC(C)(O)C1)N(C)C(=O)c1ccc(F)cc1. The molecular weight excluding hydrogens is 283 g/mol. The minimum absolute atomic E-state index is 0.0497. The average Bonchev–Trinajstić information content (AvgIpc) is 2.41. The number of rotatable bonds is 5. The molecule has 0 radical (unpaired) electrons. The van der Waals surface area contributed by atoms with Crippen LogP contribution < -0.4 is 0 Å². The van der Waals surface area contributed by atoms with E-state index in [1.54, 1.807) is 11.9 Å². The summed E-state index contributed by atoms with van der Waals surface area (Å²) >= 11 is 0. The van der Waals surface area contributed by atoms with Crippen molar-refractivity contribution in [2.24, 2.45) is 5.92 Å². The minimum Gasteiger partial charge on any atom is -0.388 e. The second-order valence-electron chi connectivity index (χ2n) is 6.90. The Morgan fingerprint density at radius 2 is 1.91 bits per heavy atom. The molecule has 1 aliphatic rings. The van der Waals surface area contributed by atoms with Crippen molar-refractivity contribution in [1.29, 1.82) is 0 Å². The smallest absolute Gasteiger partial charge is 0.253 e. The monoisotopic (exact) mass is 308 g/mol. The van der Waals surface area contributed by atoms with Crippen molar-refractivity contribution in [2.75, 3.05) is 26.7 Å². The zero-order valence-electron chi connectivity index (χ0n) is 13.7. The van der Waals surface area contributed by atoms with E-state index in [2.05, 4.69) is 18.7 Å². The summed E-state index contributed by atoms with van der Waals surface area (Å²) in [6.07, 6.45) is 0. The molecule has 1 amide bonds. The molecule has 1 atom stereocenters. The predicted octanol–water partition coefficient (Wildman–Crippen LogP) is 1.99. The predicted molar refractivity (Wildman–Crippen MR) is 84.2 cm³/mol. The van der Waals surface area contributed by atoms with E-state index in [9.17, 15) is 14.3 Å². The number of hydrogen-bond acceptors (Lipinski definition) is 3. The molecule has 1 fully saturated rings. The van der Waals surface area contributed by atoms with Gasteiger partial charge in [-0.05, 0) is 37.1 Å². The largest absolute Gasteiger partial charge is 0.388 e. The van der Waals surface area contributed by atoms with Crippen LogP contribution in [0.5, 0.6) is 0 Å². The van der Waals surface area contributed by atoms with Gasteiger partial charge in [-0.2, -0.15) is 0 Å². The highest BCUT2D eigenvalue weighted by molar-refractivity contribution is 5.94. The number of hydrogen-bond donors (Lipinski definition) is 1. The van der Waals surface area contributed by atoms with Crippen molar-refractivity contribution in [3.8, 4) is 0 Å². The maximum atomic E-state index is 13.0. The molecule has 0 spiro atoms. The average molecular weight is 308 g/mol. The van der Waals surface area contributed by atoms with E-state index in [1.165, 1.54) is 24.3 Å². The van der Waals surface area contributed by atoms with Gasteiger partial charge >= 0.3 is 0 Å². The summed E-state index contributed by atoms with van der Waals surface area (Å²) in [4.78, 5) is 16.4. The van der Waals surface area contributed by atoms with Gasteiger partial charge < -0.3 is 10.0 Å². The van der Waals surface area contributed by atoms with Crippen LogP contribution in [0.2, 0.25) is 0 Å². The summed E-state index contributed by atoms with van der Waals surface area (Å²) in [5.74, 6) is -0.159. The zero-order chi connectivity index (χ0) is 16.5. The Kier molecular flexibility index (Phi) is 4.87. The van der Waals surface area contributed by atoms with Crippen LogP contribution in [0.25, 0.3) is 0 Å². The quantitative estimate of drug-likeness (QED) is 0.905. The Morgan fingerprint density at radius 1 is 1.36 bits per heavy atom. The molecule has 22 heavy (non-hydrogen) atoms. The van der Waals surface area contributed by atoms with Crippen molar-refractivity contribution < 1.29 is 14.3 Å². The van der Waals surface area contributed by atoms with Crippen LogP contribution in [0.4, 0.5) is 4.39 Å². The van der Waals surface area contributed by atoms with Crippen LogP contribution >= 0.6 is 0 Å². The third kappa shape index (κ3) is 3.84. The van der Waals surface area contributed by atoms with E-state index in [0.717, 1.165) is 6.54 Å². The maximum absolute atomic E-state index is 13.0. The number of aliphatic hydroxyl groups is 1. The van der Waals surface area contributed by atoms with Gasteiger partial charge in [0, 0.05) is 38.3 Å². The number of benzene rings is 1. The van der Waals surface area contributed by atoms with E-state index in [-0.39, 0.29) is 17.8 Å². The number of carbonyl (C=O) groups is 1. The fourth-order valence-electron chi connectivity index (χ4n) is 3.04. The topological polar surface area (TPSA) is 43.8 Å². The first-order valence-electron chi connectivity index (χ1n) is 7.67. The molecule has 0 saturated carbocycles. The Hall–Kier alpha value is -1.46. The summed E-state index contributed by atoms with van der Waals surface area (Å²) in [6.45, 7) is 7.98. The maximum Gasteiger partial charge on any atom is 0.253 e. The molecule has 1 aliphatic heterocycles. The highest BCUT2D eigenvalue weighted by Gasteiger charge is 2.38. The fourth-order valence-corrected chi connectivity index (χ4v) is 3.04. The second kappa shape index (κ2) is 6.34. The molecule has 1 N–H and O–H groups in total. The standard InChI is InChI=1S/C17H25FN2O2/c1-12(2)15(9-20-10-17(3,22)11-20)19(4)16(21)13-5-7-14(18)8-6-13/h5-8,12,15,22H,9-11H2,1-4H3/t15-/m1/s1.